The lowest BCUT2D eigenvalue weighted by atomic mass is 10.2. The first-order valence-corrected chi connectivity index (χ1v) is 13.2. The van der Waals surface area contributed by atoms with E-state index in [0.29, 0.717) is 22.4 Å². The summed E-state index contributed by atoms with van der Waals surface area (Å²) in [5.74, 6) is 1.01. The van der Waals surface area contributed by atoms with E-state index in [0.717, 1.165) is 35.0 Å². The molecule has 0 saturated carbocycles. The Kier molecular flexibility index (Phi) is 5.54. The molecule has 0 bridgehead atoms. The first-order chi connectivity index (χ1) is 16.0. The SMILES string of the molecule is CCCn1c2ccccc2c2nnc(SCc3nnnn3-c3ccc(S(C)(=O)=O)cc3)nc21. The maximum Gasteiger partial charge on any atom is 0.211 e. The van der Waals surface area contributed by atoms with Crippen LogP contribution < -0.4 is 0 Å². The van der Waals surface area contributed by atoms with Gasteiger partial charge in [0.05, 0.1) is 21.9 Å². The zero-order chi connectivity index (χ0) is 23.0. The molecule has 10 nitrogen and oxygen atoms in total. The van der Waals surface area contributed by atoms with E-state index in [-0.39, 0.29) is 4.90 Å². The molecule has 5 rings (SSSR count). The Labute approximate surface area is 194 Å². The van der Waals surface area contributed by atoms with E-state index in [9.17, 15) is 8.42 Å². The Hall–Kier alpha value is -3.38. The standard InChI is InChI=1S/C21H20N8O2S2/c1-3-12-28-17-7-5-4-6-16(17)19-20(28)22-21(25-24-19)32-13-18-23-26-27-29(18)14-8-10-15(11-9-14)33(2,30)31/h4-11H,3,12-13H2,1-2H3. The number of aromatic nitrogens is 8. The maximum absolute atomic E-state index is 11.7. The highest BCUT2D eigenvalue weighted by molar-refractivity contribution is 7.98. The maximum atomic E-state index is 11.7. The van der Waals surface area contributed by atoms with E-state index in [1.54, 1.807) is 16.8 Å². The van der Waals surface area contributed by atoms with Crippen LogP contribution in [0.3, 0.4) is 0 Å². The van der Waals surface area contributed by atoms with Crippen LogP contribution in [-0.2, 0) is 22.1 Å². The van der Waals surface area contributed by atoms with Crippen molar-refractivity contribution >= 4 is 43.7 Å². The first-order valence-electron chi connectivity index (χ1n) is 10.3. The number of benzene rings is 2. The number of para-hydroxylation sites is 1. The van der Waals surface area contributed by atoms with Gasteiger partial charge in [-0.15, -0.1) is 15.3 Å². The number of aryl methyl sites for hydroxylation is 1. The molecule has 0 aliphatic carbocycles. The summed E-state index contributed by atoms with van der Waals surface area (Å²) in [5, 5.41) is 22.3. The van der Waals surface area contributed by atoms with Crippen LogP contribution in [0.25, 0.3) is 27.8 Å². The number of hydrogen-bond donors (Lipinski definition) is 0. The topological polar surface area (TPSA) is 121 Å². The fourth-order valence-electron chi connectivity index (χ4n) is 3.66. The van der Waals surface area contributed by atoms with Gasteiger partial charge in [0.2, 0.25) is 5.16 Å². The van der Waals surface area contributed by atoms with Gasteiger partial charge in [-0.25, -0.2) is 13.4 Å². The average molecular weight is 481 g/mol. The van der Waals surface area contributed by atoms with Gasteiger partial charge in [-0.1, -0.05) is 36.9 Å². The van der Waals surface area contributed by atoms with E-state index in [1.165, 1.54) is 30.2 Å². The van der Waals surface area contributed by atoms with Crippen LogP contribution in [-0.4, -0.2) is 54.6 Å². The predicted molar refractivity (Wildman–Crippen MR) is 125 cm³/mol. The number of hydrogen-bond acceptors (Lipinski definition) is 9. The molecule has 3 heterocycles. The van der Waals surface area contributed by atoms with Gasteiger partial charge in [0.25, 0.3) is 0 Å². The molecule has 2 aromatic carbocycles. The minimum atomic E-state index is -3.27. The lowest BCUT2D eigenvalue weighted by Crippen LogP contribution is -2.04. The van der Waals surface area contributed by atoms with Gasteiger partial charge >= 0.3 is 0 Å². The summed E-state index contributed by atoms with van der Waals surface area (Å²) in [6, 6.07) is 14.5. The van der Waals surface area contributed by atoms with E-state index >= 15 is 0 Å². The minimum absolute atomic E-state index is 0.241. The number of rotatable bonds is 7. The normalized spacial score (nSPS) is 12.1. The van der Waals surface area contributed by atoms with Gasteiger partial charge < -0.3 is 4.57 Å². The van der Waals surface area contributed by atoms with Crippen LogP contribution in [0.4, 0.5) is 0 Å². The summed E-state index contributed by atoms with van der Waals surface area (Å²) in [5.41, 5.74) is 3.37. The Morgan fingerprint density at radius 3 is 2.55 bits per heavy atom. The smallest absolute Gasteiger partial charge is 0.211 e. The highest BCUT2D eigenvalue weighted by atomic mass is 32.2. The zero-order valence-electron chi connectivity index (χ0n) is 18.0. The van der Waals surface area contributed by atoms with Crippen LogP contribution in [0.2, 0.25) is 0 Å². The molecule has 3 aromatic heterocycles. The van der Waals surface area contributed by atoms with Crippen LogP contribution in [0.15, 0.2) is 58.6 Å². The highest BCUT2D eigenvalue weighted by Crippen LogP contribution is 2.28. The molecule has 0 N–H and O–H groups in total. The molecule has 0 fully saturated rings. The third kappa shape index (κ3) is 4.07. The molecule has 168 valence electrons. The van der Waals surface area contributed by atoms with Crippen molar-refractivity contribution in [3.8, 4) is 5.69 Å². The monoisotopic (exact) mass is 480 g/mol. The van der Waals surface area contributed by atoms with E-state index < -0.39 is 9.84 Å². The summed E-state index contributed by atoms with van der Waals surface area (Å²) in [4.78, 5) is 5.02. The Bertz CT molecular complexity index is 1560. The van der Waals surface area contributed by atoms with Crippen LogP contribution in [0.1, 0.15) is 19.2 Å². The van der Waals surface area contributed by atoms with Gasteiger partial charge in [-0.3, -0.25) is 0 Å². The van der Waals surface area contributed by atoms with Crippen molar-refractivity contribution in [1.29, 1.82) is 0 Å². The molecule has 0 atom stereocenters. The minimum Gasteiger partial charge on any atom is -0.324 e. The van der Waals surface area contributed by atoms with E-state index in [2.05, 4.69) is 43.3 Å². The van der Waals surface area contributed by atoms with Crippen molar-refractivity contribution in [2.45, 2.75) is 35.7 Å². The number of nitrogens with zero attached hydrogens (tertiary/aromatic N) is 8. The second kappa shape index (κ2) is 8.52. The number of tetrazole rings is 1. The molecule has 12 heteroatoms. The molecule has 0 radical (unpaired) electrons. The van der Waals surface area contributed by atoms with Crippen molar-refractivity contribution in [3.05, 3.63) is 54.4 Å². The average Bonchev–Trinajstić information content (AvgIpc) is 3.41. The molecule has 0 aliphatic heterocycles. The molecule has 0 spiro atoms. The summed E-state index contributed by atoms with van der Waals surface area (Å²) in [6.07, 6.45) is 2.15. The van der Waals surface area contributed by atoms with Crippen molar-refractivity contribution in [2.75, 3.05) is 6.26 Å². The van der Waals surface area contributed by atoms with Crippen LogP contribution in [0.5, 0.6) is 0 Å². The van der Waals surface area contributed by atoms with Crippen LogP contribution >= 0.6 is 11.8 Å². The van der Waals surface area contributed by atoms with Gasteiger partial charge in [0.15, 0.2) is 21.3 Å². The van der Waals surface area contributed by atoms with Crippen molar-refractivity contribution < 1.29 is 8.42 Å². The third-order valence-electron chi connectivity index (χ3n) is 5.18. The Morgan fingerprint density at radius 2 is 1.79 bits per heavy atom. The van der Waals surface area contributed by atoms with Gasteiger partial charge in [0, 0.05) is 18.2 Å². The van der Waals surface area contributed by atoms with Gasteiger partial charge in [-0.05, 0) is 47.2 Å². The Morgan fingerprint density at radius 1 is 1.00 bits per heavy atom. The zero-order valence-corrected chi connectivity index (χ0v) is 19.6. The molecular weight excluding hydrogens is 460 g/mol. The summed E-state index contributed by atoms with van der Waals surface area (Å²) in [6.45, 7) is 2.97. The molecule has 0 saturated heterocycles. The number of thioether (sulfide) groups is 1. The molecule has 0 unspecified atom stereocenters. The quantitative estimate of drug-likeness (QED) is 0.323. The summed E-state index contributed by atoms with van der Waals surface area (Å²) in [7, 11) is -3.27. The fourth-order valence-corrected chi connectivity index (χ4v) is 4.98. The van der Waals surface area contributed by atoms with Crippen LogP contribution in [0, 0.1) is 0 Å². The fraction of sp³-hybridized carbons (Fsp3) is 0.238. The summed E-state index contributed by atoms with van der Waals surface area (Å²) < 4.78 is 27.1. The number of sulfone groups is 1. The van der Waals surface area contributed by atoms with Crippen molar-refractivity contribution in [3.63, 3.8) is 0 Å². The van der Waals surface area contributed by atoms with Crippen molar-refractivity contribution in [2.24, 2.45) is 0 Å². The van der Waals surface area contributed by atoms with E-state index in [4.69, 9.17) is 4.98 Å². The van der Waals surface area contributed by atoms with Gasteiger partial charge in [0.1, 0.15) is 5.52 Å². The Balaban J connectivity index is 1.43. The summed E-state index contributed by atoms with van der Waals surface area (Å²) >= 11 is 1.39. The molecule has 33 heavy (non-hydrogen) atoms. The largest absolute Gasteiger partial charge is 0.324 e. The second-order valence-corrected chi connectivity index (χ2v) is 10.5. The molecule has 0 aliphatic rings. The molecule has 0 amide bonds. The molecule has 5 aromatic rings. The molecular formula is C21H20N8O2S2. The van der Waals surface area contributed by atoms with Gasteiger partial charge in [-0.2, -0.15) is 4.68 Å². The number of fused-ring (bicyclic) bond motifs is 3. The van der Waals surface area contributed by atoms with Crippen molar-refractivity contribution in [1.82, 2.24) is 40.0 Å². The van der Waals surface area contributed by atoms with E-state index in [1.807, 2.05) is 18.2 Å². The third-order valence-corrected chi connectivity index (χ3v) is 7.14. The highest BCUT2D eigenvalue weighted by Gasteiger charge is 2.16. The second-order valence-electron chi connectivity index (χ2n) is 7.50. The lowest BCUT2D eigenvalue weighted by Gasteiger charge is -2.06. The first kappa shape index (κ1) is 21.5. The predicted octanol–water partition coefficient (Wildman–Crippen LogP) is 3.06. The lowest BCUT2D eigenvalue weighted by molar-refractivity contribution is 0.602.